The molecule has 7 nitrogen and oxygen atoms in total. The number of likely N-dealkylation sites (N-methyl/N-ethyl adjacent to an activating group) is 1. The molecule has 0 spiro atoms. The Kier molecular flexibility index (Phi) is 5.27. The summed E-state index contributed by atoms with van der Waals surface area (Å²) in [5, 5.41) is 13.8. The van der Waals surface area contributed by atoms with E-state index in [-0.39, 0.29) is 18.9 Å². The second kappa shape index (κ2) is 8.02. The predicted octanol–water partition coefficient (Wildman–Crippen LogP) is 3.30. The highest BCUT2D eigenvalue weighted by molar-refractivity contribution is 5.81. The second-order valence-corrected chi connectivity index (χ2v) is 7.45. The van der Waals surface area contributed by atoms with Crippen molar-refractivity contribution in [3.63, 3.8) is 0 Å². The Morgan fingerprint density at radius 3 is 2.23 bits per heavy atom. The number of benzene rings is 2. The van der Waals surface area contributed by atoms with E-state index in [1.807, 2.05) is 36.4 Å². The molecule has 1 aromatic heterocycles. The molecule has 0 bridgehead atoms. The third kappa shape index (κ3) is 3.66. The van der Waals surface area contributed by atoms with Crippen molar-refractivity contribution in [1.82, 2.24) is 14.7 Å². The molecule has 1 atom stereocenters. The van der Waals surface area contributed by atoms with Gasteiger partial charge in [-0.15, -0.1) is 0 Å². The van der Waals surface area contributed by atoms with Crippen LogP contribution in [0.15, 0.2) is 60.8 Å². The molecule has 3 aromatic rings. The fourth-order valence-corrected chi connectivity index (χ4v) is 3.98. The maximum Gasteiger partial charge on any atom is 0.410 e. The van der Waals surface area contributed by atoms with Crippen LogP contribution in [-0.4, -0.2) is 51.5 Å². The number of aromatic nitrogens is 2. The largest absolute Gasteiger partial charge is 0.480 e. The molecule has 0 saturated carbocycles. The molecule has 1 amide bonds. The molecule has 154 valence electrons. The maximum atomic E-state index is 12.7. The summed E-state index contributed by atoms with van der Waals surface area (Å²) in [4.78, 5) is 25.6. The number of aliphatic carboxylic acids is 1. The second-order valence-electron chi connectivity index (χ2n) is 7.45. The van der Waals surface area contributed by atoms with Crippen molar-refractivity contribution in [2.24, 2.45) is 7.05 Å². The number of carboxylic acids is 1. The lowest BCUT2D eigenvalue weighted by atomic mass is 9.98. The molecule has 1 N–H and O–H groups in total. The minimum atomic E-state index is -1.10. The average molecular weight is 405 g/mol. The van der Waals surface area contributed by atoms with E-state index < -0.39 is 18.1 Å². The van der Waals surface area contributed by atoms with E-state index in [0.717, 1.165) is 27.2 Å². The van der Waals surface area contributed by atoms with E-state index in [2.05, 4.69) is 17.2 Å². The lowest BCUT2D eigenvalue weighted by Crippen LogP contribution is -2.44. The summed E-state index contributed by atoms with van der Waals surface area (Å²) < 4.78 is 7.17. The summed E-state index contributed by atoms with van der Waals surface area (Å²) in [6, 6.07) is 16.8. The van der Waals surface area contributed by atoms with Crippen molar-refractivity contribution in [1.29, 1.82) is 0 Å². The lowest BCUT2D eigenvalue weighted by Gasteiger charge is -2.24. The van der Waals surface area contributed by atoms with Crippen molar-refractivity contribution in [2.45, 2.75) is 18.4 Å². The van der Waals surface area contributed by atoms with Crippen LogP contribution in [0.2, 0.25) is 0 Å². The van der Waals surface area contributed by atoms with Crippen molar-refractivity contribution < 1.29 is 19.4 Å². The minimum absolute atomic E-state index is 0.0752. The standard InChI is InChI=1S/C23H23N3O4/c1-25-12-11-15(24-25)13-21(22(27)28)26(2)23(29)30-14-20-18-9-5-3-7-16(18)17-8-4-6-10-19(17)20/h3-12,20-21H,13-14H2,1-2H3,(H,27,28)/t21-/m0/s1. The van der Waals surface area contributed by atoms with Crippen LogP contribution in [0, 0.1) is 0 Å². The minimum Gasteiger partial charge on any atom is -0.480 e. The van der Waals surface area contributed by atoms with E-state index in [1.165, 1.54) is 7.05 Å². The van der Waals surface area contributed by atoms with E-state index >= 15 is 0 Å². The van der Waals surface area contributed by atoms with Crippen LogP contribution in [0.4, 0.5) is 4.79 Å². The molecule has 1 heterocycles. The summed E-state index contributed by atoms with van der Waals surface area (Å²) >= 11 is 0. The van der Waals surface area contributed by atoms with Crippen molar-refractivity contribution in [3.05, 3.63) is 77.6 Å². The third-order valence-electron chi connectivity index (χ3n) is 5.55. The number of aryl methyl sites for hydroxylation is 1. The van der Waals surface area contributed by atoms with Crippen LogP contribution in [0.5, 0.6) is 0 Å². The number of carbonyl (C=O) groups excluding carboxylic acids is 1. The number of fused-ring (bicyclic) bond motifs is 3. The smallest absolute Gasteiger partial charge is 0.410 e. The first-order valence-electron chi connectivity index (χ1n) is 9.75. The van der Waals surface area contributed by atoms with Gasteiger partial charge in [-0.2, -0.15) is 5.10 Å². The van der Waals surface area contributed by atoms with Gasteiger partial charge in [0.15, 0.2) is 0 Å². The number of nitrogens with zero attached hydrogens (tertiary/aromatic N) is 3. The fraction of sp³-hybridized carbons (Fsp3) is 0.261. The Morgan fingerprint density at radius 2 is 1.70 bits per heavy atom. The number of hydrogen-bond donors (Lipinski definition) is 1. The number of carboxylic acid groups (broad SMARTS) is 1. The predicted molar refractivity (Wildman–Crippen MR) is 111 cm³/mol. The highest BCUT2D eigenvalue weighted by Crippen LogP contribution is 2.44. The first-order chi connectivity index (χ1) is 14.5. The van der Waals surface area contributed by atoms with Crippen LogP contribution >= 0.6 is 0 Å². The van der Waals surface area contributed by atoms with Crippen molar-refractivity contribution >= 4 is 12.1 Å². The van der Waals surface area contributed by atoms with Gasteiger partial charge in [-0.25, -0.2) is 9.59 Å². The van der Waals surface area contributed by atoms with Gasteiger partial charge in [0.25, 0.3) is 0 Å². The van der Waals surface area contributed by atoms with E-state index in [1.54, 1.807) is 24.0 Å². The zero-order chi connectivity index (χ0) is 21.3. The highest BCUT2D eigenvalue weighted by atomic mass is 16.6. The molecule has 0 unspecified atom stereocenters. The maximum absolute atomic E-state index is 12.7. The molecule has 0 radical (unpaired) electrons. The van der Waals surface area contributed by atoms with E-state index in [0.29, 0.717) is 5.69 Å². The van der Waals surface area contributed by atoms with Gasteiger partial charge in [0, 0.05) is 32.6 Å². The Hall–Kier alpha value is -3.61. The number of ether oxygens (including phenoxy) is 1. The van der Waals surface area contributed by atoms with Crippen LogP contribution in [-0.2, 0) is 23.0 Å². The first-order valence-corrected chi connectivity index (χ1v) is 9.75. The number of amides is 1. The number of carbonyl (C=O) groups is 2. The Bertz CT molecular complexity index is 1050. The molecule has 1 aliphatic carbocycles. The lowest BCUT2D eigenvalue weighted by molar-refractivity contribution is -0.142. The van der Waals surface area contributed by atoms with Gasteiger partial charge in [0.2, 0.25) is 0 Å². The van der Waals surface area contributed by atoms with Gasteiger partial charge in [-0.05, 0) is 28.3 Å². The molecule has 0 fully saturated rings. The molecule has 1 aliphatic rings. The van der Waals surface area contributed by atoms with Crippen LogP contribution in [0.3, 0.4) is 0 Å². The van der Waals surface area contributed by atoms with Gasteiger partial charge in [0.1, 0.15) is 12.6 Å². The van der Waals surface area contributed by atoms with Gasteiger partial charge in [0.05, 0.1) is 5.69 Å². The molecular formula is C23H23N3O4. The summed E-state index contributed by atoms with van der Waals surface area (Å²) in [7, 11) is 3.20. The normalized spacial score (nSPS) is 13.4. The van der Waals surface area contributed by atoms with Crippen LogP contribution < -0.4 is 0 Å². The Morgan fingerprint density at radius 1 is 1.10 bits per heavy atom. The SMILES string of the molecule is CN(C(=O)OCC1c2ccccc2-c2ccccc21)[C@@H](Cc1ccn(C)n1)C(=O)O. The summed E-state index contributed by atoms with van der Waals surface area (Å²) in [5.41, 5.74) is 5.10. The number of hydrogen-bond acceptors (Lipinski definition) is 4. The Balaban J connectivity index is 1.48. The van der Waals surface area contributed by atoms with Crippen LogP contribution in [0.25, 0.3) is 11.1 Å². The zero-order valence-corrected chi connectivity index (χ0v) is 16.9. The first kappa shape index (κ1) is 19.7. The molecule has 2 aromatic carbocycles. The van der Waals surface area contributed by atoms with E-state index in [4.69, 9.17) is 4.74 Å². The molecule has 4 rings (SSSR count). The molecular weight excluding hydrogens is 382 g/mol. The van der Waals surface area contributed by atoms with Gasteiger partial charge in [-0.3, -0.25) is 9.58 Å². The van der Waals surface area contributed by atoms with Gasteiger partial charge < -0.3 is 9.84 Å². The third-order valence-corrected chi connectivity index (χ3v) is 5.55. The van der Waals surface area contributed by atoms with Crippen molar-refractivity contribution in [3.8, 4) is 11.1 Å². The van der Waals surface area contributed by atoms with Gasteiger partial charge in [-0.1, -0.05) is 48.5 Å². The number of rotatable bonds is 6. The van der Waals surface area contributed by atoms with Gasteiger partial charge >= 0.3 is 12.1 Å². The zero-order valence-electron chi connectivity index (χ0n) is 16.9. The molecule has 30 heavy (non-hydrogen) atoms. The topological polar surface area (TPSA) is 84.7 Å². The van der Waals surface area contributed by atoms with E-state index in [9.17, 15) is 14.7 Å². The fourth-order valence-electron chi connectivity index (χ4n) is 3.98. The average Bonchev–Trinajstić information content (AvgIpc) is 3.30. The monoisotopic (exact) mass is 405 g/mol. The summed E-state index contributed by atoms with van der Waals surface area (Å²) in [6.45, 7) is 0.146. The molecule has 0 aliphatic heterocycles. The highest BCUT2D eigenvalue weighted by Gasteiger charge is 2.32. The molecule has 0 saturated heterocycles. The van der Waals surface area contributed by atoms with Crippen molar-refractivity contribution in [2.75, 3.05) is 13.7 Å². The summed E-state index contributed by atoms with van der Waals surface area (Å²) in [5.74, 6) is -1.18. The Labute approximate surface area is 174 Å². The summed E-state index contributed by atoms with van der Waals surface area (Å²) in [6.07, 6.45) is 1.18. The quantitative estimate of drug-likeness (QED) is 0.680. The molecule has 7 heteroatoms. The van der Waals surface area contributed by atoms with Crippen LogP contribution in [0.1, 0.15) is 22.7 Å².